The third-order valence-corrected chi connectivity index (χ3v) is 1.76. The Labute approximate surface area is 66.2 Å². The zero-order valence-electron chi connectivity index (χ0n) is 5.93. The number of piperidine rings is 1. The van der Waals surface area contributed by atoms with E-state index in [1.807, 2.05) is 0 Å². The SMILES string of the molecule is CC1(F)CNCCC1O.Cl. The van der Waals surface area contributed by atoms with Crippen molar-refractivity contribution < 1.29 is 9.50 Å². The van der Waals surface area contributed by atoms with Gasteiger partial charge in [0.25, 0.3) is 0 Å². The molecule has 0 spiro atoms. The van der Waals surface area contributed by atoms with Gasteiger partial charge >= 0.3 is 0 Å². The zero-order chi connectivity index (χ0) is 6.91. The Morgan fingerprint density at radius 3 is 2.60 bits per heavy atom. The van der Waals surface area contributed by atoms with Crippen molar-refractivity contribution in [3.05, 3.63) is 0 Å². The first-order chi connectivity index (χ1) is 4.13. The number of alkyl halides is 1. The van der Waals surface area contributed by atoms with Crippen LogP contribution in [0.3, 0.4) is 0 Å². The van der Waals surface area contributed by atoms with Crippen LogP contribution in [0.25, 0.3) is 0 Å². The van der Waals surface area contributed by atoms with Gasteiger partial charge in [0.2, 0.25) is 0 Å². The van der Waals surface area contributed by atoms with Crippen LogP contribution in [0.2, 0.25) is 0 Å². The van der Waals surface area contributed by atoms with Gasteiger partial charge in [0, 0.05) is 6.54 Å². The summed E-state index contributed by atoms with van der Waals surface area (Å²) in [5.74, 6) is 0. The maximum absolute atomic E-state index is 13.0. The van der Waals surface area contributed by atoms with Gasteiger partial charge in [-0.25, -0.2) is 4.39 Å². The molecule has 1 rings (SSSR count). The van der Waals surface area contributed by atoms with E-state index in [1.54, 1.807) is 0 Å². The monoisotopic (exact) mass is 169 g/mol. The number of halogens is 2. The van der Waals surface area contributed by atoms with Gasteiger partial charge in [-0.2, -0.15) is 0 Å². The molecule has 2 N–H and O–H groups in total. The zero-order valence-corrected chi connectivity index (χ0v) is 6.75. The smallest absolute Gasteiger partial charge is 0.146 e. The summed E-state index contributed by atoms with van der Waals surface area (Å²) in [7, 11) is 0. The fourth-order valence-electron chi connectivity index (χ4n) is 0.990. The Kier molecular flexibility index (Phi) is 3.56. The van der Waals surface area contributed by atoms with Crippen LogP contribution in [0.15, 0.2) is 0 Å². The first-order valence-electron chi connectivity index (χ1n) is 3.20. The van der Waals surface area contributed by atoms with Crippen molar-refractivity contribution in [2.24, 2.45) is 0 Å². The fraction of sp³-hybridized carbons (Fsp3) is 1.00. The van der Waals surface area contributed by atoms with Crippen LogP contribution in [0.5, 0.6) is 0 Å². The van der Waals surface area contributed by atoms with Crippen molar-refractivity contribution in [2.75, 3.05) is 13.1 Å². The number of rotatable bonds is 0. The van der Waals surface area contributed by atoms with Crippen molar-refractivity contribution in [1.82, 2.24) is 5.32 Å². The summed E-state index contributed by atoms with van der Waals surface area (Å²) in [6.45, 7) is 2.42. The minimum Gasteiger partial charge on any atom is -0.390 e. The maximum Gasteiger partial charge on any atom is 0.146 e. The third-order valence-electron chi connectivity index (χ3n) is 1.76. The molecule has 62 valence electrons. The average Bonchev–Trinajstić information content (AvgIpc) is 1.77. The molecule has 0 aliphatic carbocycles. The van der Waals surface area contributed by atoms with E-state index in [1.165, 1.54) is 6.92 Å². The molecule has 1 fully saturated rings. The van der Waals surface area contributed by atoms with Crippen LogP contribution in [0.1, 0.15) is 13.3 Å². The summed E-state index contributed by atoms with van der Waals surface area (Å²) in [6, 6.07) is 0. The Morgan fingerprint density at radius 1 is 1.70 bits per heavy atom. The molecule has 0 aromatic heterocycles. The molecule has 0 aromatic carbocycles. The van der Waals surface area contributed by atoms with Crippen LogP contribution in [0.4, 0.5) is 4.39 Å². The number of aliphatic hydroxyl groups is 1. The van der Waals surface area contributed by atoms with Crippen LogP contribution in [-0.4, -0.2) is 30.0 Å². The largest absolute Gasteiger partial charge is 0.390 e. The second-order valence-electron chi connectivity index (χ2n) is 2.76. The first kappa shape index (κ1) is 10.1. The van der Waals surface area contributed by atoms with E-state index in [0.29, 0.717) is 6.42 Å². The Hall–Kier alpha value is 0.140. The van der Waals surface area contributed by atoms with Gasteiger partial charge in [0.05, 0.1) is 6.10 Å². The summed E-state index contributed by atoms with van der Waals surface area (Å²) in [5.41, 5.74) is -1.42. The molecular formula is C6H13ClFNO. The standard InChI is InChI=1S/C6H12FNO.ClH/c1-6(7)4-8-3-2-5(6)9;/h5,8-9H,2-4H2,1H3;1H. The first-order valence-corrected chi connectivity index (χ1v) is 3.20. The second-order valence-corrected chi connectivity index (χ2v) is 2.76. The van der Waals surface area contributed by atoms with Gasteiger partial charge in [-0.15, -0.1) is 12.4 Å². The summed E-state index contributed by atoms with van der Waals surface area (Å²) >= 11 is 0. The van der Waals surface area contributed by atoms with Crippen molar-refractivity contribution >= 4 is 12.4 Å². The molecule has 10 heavy (non-hydrogen) atoms. The molecule has 2 unspecified atom stereocenters. The van der Waals surface area contributed by atoms with E-state index >= 15 is 0 Å². The summed E-state index contributed by atoms with van der Waals surface area (Å²) in [4.78, 5) is 0. The molecule has 1 heterocycles. The van der Waals surface area contributed by atoms with Gasteiger partial charge in [-0.1, -0.05) is 0 Å². The average molecular weight is 170 g/mol. The second kappa shape index (κ2) is 3.51. The normalized spacial score (nSPS) is 40.5. The van der Waals surface area contributed by atoms with Crippen LogP contribution in [0, 0.1) is 0 Å². The van der Waals surface area contributed by atoms with Gasteiger partial charge in [-0.05, 0) is 19.9 Å². The highest BCUT2D eigenvalue weighted by molar-refractivity contribution is 5.85. The highest BCUT2D eigenvalue weighted by Crippen LogP contribution is 2.19. The lowest BCUT2D eigenvalue weighted by molar-refractivity contribution is -0.0166. The van der Waals surface area contributed by atoms with E-state index in [4.69, 9.17) is 5.11 Å². The molecule has 2 atom stereocenters. The topological polar surface area (TPSA) is 32.3 Å². The van der Waals surface area contributed by atoms with Gasteiger partial charge in [0.1, 0.15) is 5.67 Å². The third kappa shape index (κ3) is 2.08. The molecule has 2 nitrogen and oxygen atoms in total. The molecule has 1 aliphatic rings. The van der Waals surface area contributed by atoms with Crippen molar-refractivity contribution in [3.8, 4) is 0 Å². The molecule has 0 aromatic rings. The summed E-state index contributed by atoms with van der Waals surface area (Å²) < 4.78 is 13.0. The number of hydrogen-bond acceptors (Lipinski definition) is 2. The molecule has 0 saturated carbocycles. The molecule has 4 heteroatoms. The predicted octanol–water partition coefficient (Wildman–Crippen LogP) is 0.491. The van der Waals surface area contributed by atoms with E-state index < -0.39 is 11.8 Å². The van der Waals surface area contributed by atoms with Crippen LogP contribution >= 0.6 is 12.4 Å². The van der Waals surface area contributed by atoms with Crippen LogP contribution < -0.4 is 5.32 Å². The van der Waals surface area contributed by atoms with Crippen molar-refractivity contribution in [2.45, 2.75) is 25.1 Å². The number of nitrogens with one attached hydrogen (secondary N) is 1. The molecular weight excluding hydrogens is 157 g/mol. The van der Waals surface area contributed by atoms with Gasteiger partial charge in [-0.3, -0.25) is 0 Å². The van der Waals surface area contributed by atoms with Crippen LogP contribution in [-0.2, 0) is 0 Å². The minimum atomic E-state index is -1.42. The lowest BCUT2D eigenvalue weighted by atomic mass is 9.95. The van der Waals surface area contributed by atoms with Crippen molar-refractivity contribution in [3.63, 3.8) is 0 Å². The molecule has 0 amide bonds. The van der Waals surface area contributed by atoms with E-state index in [2.05, 4.69) is 5.32 Å². The number of hydrogen-bond donors (Lipinski definition) is 2. The highest BCUT2D eigenvalue weighted by atomic mass is 35.5. The predicted molar refractivity (Wildman–Crippen MR) is 40.3 cm³/mol. The molecule has 1 saturated heterocycles. The van der Waals surface area contributed by atoms with Gasteiger partial charge < -0.3 is 10.4 Å². The van der Waals surface area contributed by atoms with E-state index in [9.17, 15) is 4.39 Å². The molecule has 0 bridgehead atoms. The summed E-state index contributed by atoms with van der Waals surface area (Å²) in [6.07, 6.45) is -0.258. The molecule has 0 radical (unpaired) electrons. The molecule has 1 aliphatic heterocycles. The Morgan fingerprint density at radius 2 is 2.30 bits per heavy atom. The van der Waals surface area contributed by atoms with E-state index in [-0.39, 0.29) is 19.0 Å². The fourth-order valence-corrected chi connectivity index (χ4v) is 0.990. The van der Waals surface area contributed by atoms with E-state index in [0.717, 1.165) is 6.54 Å². The lowest BCUT2D eigenvalue weighted by Gasteiger charge is -2.31. The van der Waals surface area contributed by atoms with Crippen molar-refractivity contribution in [1.29, 1.82) is 0 Å². The maximum atomic E-state index is 13.0. The minimum absolute atomic E-state index is 0. The Bertz CT molecular complexity index is 110. The lowest BCUT2D eigenvalue weighted by Crippen LogP contribution is -2.50. The van der Waals surface area contributed by atoms with Gasteiger partial charge in [0.15, 0.2) is 0 Å². The highest BCUT2D eigenvalue weighted by Gasteiger charge is 2.34. The number of aliphatic hydroxyl groups excluding tert-OH is 1. The Balaban J connectivity index is 0.000000810. The summed E-state index contributed by atoms with van der Waals surface area (Å²) in [5, 5.41) is 11.9. The quantitative estimate of drug-likeness (QED) is 0.553.